The van der Waals surface area contributed by atoms with E-state index in [1.807, 2.05) is 0 Å². The fraction of sp³-hybridized carbons (Fsp3) is 0.400. The SMILES string of the molecule is [Cr].c1ccc2c(c1)CCCC2.c1ccc2c(c1)CCCC2. The third-order valence-electron chi connectivity index (χ3n) is 4.52. The van der Waals surface area contributed by atoms with Gasteiger partial charge >= 0.3 is 0 Å². The van der Waals surface area contributed by atoms with Crippen LogP contribution in [0.1, 0.15) is 47.9 Å². The molecule has 2 aliphatic rings. The van der Waals surface area contributed by atoms with Gasteiger partial charge in [-0.05, 0) is 73.6 Å². The molecule has 21 heavy (non-hydrogen) atoms. The monoisotopic (exact) mass is 316 g/mol. The Bertz CT molecular complexity index is 458. The van der Waals surface area contributed by atoms with Crippen molar-refractivity contribution in [2.75, 3.05) is 0 Å². The Labute approximate surface area is 139 Å². The van der Waals surface area contributed by atoms with E-state index in [-0.39, 0.29) is 17.4 Å². The van der Waals surface area contributed by atoms with Crippen LogP contribution < -0.4 is 0 Å². The molecule has 0 aromatic heterocycles. The maximum Gasteiger partial charge on any atom is 0 e. The Morgan fingerprint density at radius 1 is 0.429 bits per heavy atom. The van der Waals surface area contributed by atoms with Gasteiger partial charge in [-0.15, -0.1) is 0 Å². The van der Waals surface area contributed by atoms with Gasteiger partial charge in [0.25, 0.3) is 0 Å². The van der Waals surface area contributed by atoms with Gasteiger partial charge in [-0.3, -0.25) is 0 Å². The number of aryl methyl sites for hydroxylation is 4. The predicted molar refractivity (Wildman–Crippen MR) is 86.2 cm³/mol. The minimum Gasteiger partial charge on any atom is -0.0620 e. The first-order valence-electron chi connectivity index (χ1n) is 8.07. The van der Waals surface area contributed by atoms with Gasteiger partial charge < -0.3 is 0 Å². The van der Waals surface area contributed by atoms with Crippen molar-refractivity contribution in [1.82, 2.24) is 0 Å². The van der Waals surface area contributed by atoms with Crippen molar-refractivity contribution < 1.29 is 17.4 Å². The predicted octanol–water partition coefficient (Wildman–Crippen LogP) is 5.13. The molecule has 0 unspecified atom stereocenters. The van der Waals surface area contributed by atoms with Gasteiger partial charge in [-0.1, -0.05) is 48.5 Å². The second-order valence-electron chi connectivity index (χ2n) is 5.95. The molecule has 0 saturated heterocycles. The van der Waals surface area contributed by atoms with E-state index in [1.54, 1.807) is 22.3 Å². The van der Waals surface area contributed by atoms with Crippen LogP contribution in [0.3, 0.4) is 0 Å². The summed E-state index contributed by atoms with van der Waals surface area (Å²) in [6, 6.07) is 17.6. The quantitative estimate of drug-likeness (QED) is 0.632. The maximum absolute atomic E-state index is 2.26. The van der Waals surface area contributed by atoms with E-state index in [1.165, 1.54) is 51.4 Å². The van der Waals surface area contributed by atoms with E-state index in [9.17, 15) is 0 Å². The summed E-state index contributed by atoms with van der Waals surface area (Å²) in [5.74, 6) is 0. The van der Waals surface area contributed by atoms with Crippen molar-refractivity contribution in [3.05, 3.63) is 70.8 Å². The molecule has 4 rings (SSSR count). The molecule has 0 spiro atoms. The molecule has 0 N–H and O–H groups in total. The van der Waals surface area contributed by atoms with Crippen molar-refractivity contribution in [3.8, 4) is 0 Å². The van der Waals surface area contributed by atoms with Gasteiger partial charge in [0.05, 0.1) is 0 Å². The van der Waals surface area contributed by atoms with Crippen LogP contribution >= 0.6 is 0 Å². The van der Waals surface area contributed by atoms with Gasteiger partial charge in [-0.25, -0.2) is 0 Å². The second-order valence-corrected chi connectivity index (χ2v) is 5.95. The Morgan fingerprint density at radius 3 is 0.905 bits per heavy atom. The van der Waals surface area contributed by atoms with Crippen molar-refractivity contribution in [2.24, 2.45) is 0 Å². The smallest absolute Gasteiger partial charge is 0 e. The van der Waals surface area contributed by atoms with Gasteiger partial charge in [0.2, 0.25) is 0 Å². The number of rotatable bonds is 0. The first kappa shape index (κ1) is 16.3. The summed E-state index contributed by atoms with van der Waals surface area (Å²) >= 11 is 0. The molecule has 0 fully saturated rings. The maximum atomic E-state index is 2.26. The minimum absolute atomic E-state index is 0. The Balaban J connectivity index is 0.000000147. The van der Waals surface area contributed by atoms with Crippen molar-refractivity contribution in [1.29, 1.82) is 0 Å². The van der Waals surface area contributed by atoms with E-state index in [2.05, 4.69) is 48.5 Å². The van der Waals surface area contributed by atoms with E-state index in [0.717, 1.165) is 0 Å². The van der Waals surface area contributed by atoms with Gasteiger partial charge in [-0.2, -0.15) is 0 Å². The van der Waals surface area contributed by atoms with Crippen LogP contribution in [-0.4, -0.2) is 0 Å². The normalized spacial score (nSPS) is 15.6. The fourth-order valence-electron chi connectivity index (χ4n) is 3.35. The number of benzene rings is 2. The van der Waals surface area contributed by atoms with Crippen molar-refractivity contribution in [3.63, 3.8) is 0 Å². The van der Waals surface area contributed by atoms with Crippen LogP contribution in [0.4, 0.5) is 0 Å². The molecule has 2 aromatic carbocycles. The molecule has 0 aliphatic heterocycles. The standard InChI is InChI=1S/2C10H12.Cr/c2*1-2-6-10-8-4-3-7-9(10)5-1;/h2*1-2,5-6H,3-4,7-8H2;. The summed E-state index contributed by atoms with van der Waals surface area (Å²) in [7, 11) is 0. The third kappa shape index (κ3) is 4.47. The Hall–Kier alpha value is -1.03. The van der Waals surface area contributed by atoms with E-state index < -0.39 is 0 Å². The Morgan fingerprint density at radius 2 is 0.667 bits per heavy atom. The molecule has 0 saturated carbocycles. The van der Waals surface area contributed by atoms with Crippen LogP contribution in [-0.2, 0) is 43.0 Å². The molecule has 110 valence electrons. The van der Waals surface area contributed by atoms with Crippen molar-refractivity contribution in [2.45, 2.75) is 51.4 Å². The van der Waals surface area contributed by atoms with Crippen LogP contribution in [0, 0.1) is 0 Å². The average Bonchev–Trinajstić information content (AvgIpc) is 2.56. The summed E-state index contributed by atoms with van der Waals surface area (Å²) in [6.07, 6.45) is 10.8. The minimum atomic E-state index is 0. The first-order valence-corrected chi connectivity index (χ1v) is 8.07. The second kappa shape index (κ2) is 8.42. The van der Waals surface area contributed by atoms with E-state index in [0.29, 0.717) is 0 Å². The molecule has 0 radical (unpaired) electrons. The van der Waals surface area contributed by atoms with Gasteiger partial charge in [0, 0.05) is 17.4 Å². The number of hydrogen-bond acceptors (Lipinski definition) is 0. The van der Waals surface area contributed by atoms with Gasteiger partial charge in [0.15, 0.2) is 0 Å². The van der Waals surface area contributed by atoms with Crippen molar-refractivity contribution >= 4 is 0 Å². The zero-order valence-corrected chi connectivity index (χ0v) is 14.0. The summed E-state index contributed by atoms with van der Waals surface area (Å²) in [5.41, 5.74) is 6.31. The largest absolute Gasteiger partial charge is 0.0620 e. The number of fused-ring (bicyclic) bond motifs is 2. The molecular formula is C20H24Cr. The summed E-state index contributed by atoms with van der Waals surface area (Å²) < 4.78 is 0. The van der Waals surface area contributed by atoms with Crippen LogP contribution in [0.5, 0.6) is 0 Å². The molecule has 0 atom stereocenters. The summed E-state index contributed by atoms with van der Waals surface area (Å²) in [5, 5.41) is 0. The molecule has 0 amide bonds. The van der Waals surface area contributed by atoms with Gasteiger partial charge in [0.1, 0.15) is 0 Å². The Kier molecular flexibility index (Phi) is 6.56. The molecule has 0 heterocycles. The summed E-state index contributed by atoms with van der Waals surface area (Å²) in [4.78, 5) is 0. The fourth-order valence-corrected chi connectivity index (χ4v) is 3.35. The zero-order chi connectivity index (χ0) is 13.6. The number of hydrogen-bond donors (Lipinski definition) is 0. The zero-order valence-electron chi connectivity index (χ0n) is 12.7. The molecule has 2 aliphatic carbocycles. The van der Waals surface area contributed by atoms with E-state index >= 15 is 0 Å². The van der Waals surface area contributed by atoms with E-state index in [4.69, 9.17) is 0 Å². The summed E-state index contributed by atoms with van der Waals surface area (Å²) in [6.45, 7) is 0. The average molecular weight is 316 g/mol. The van der Waals surface area contributed by atoms with Crippen LogP contribution in [0.25, 0.3) is 0 Å². The molecule has 0 nitrogen and oxygen atoms in total. The molecule has 1 heteroatoms. The third-order valence-corrected chi connectivity index (χ3v) is 4.52. The topological polar surface area (TPSA) is 0 Å². The molecular weight excluding hydrogens is 292 g/mol. The molecule has 2 aromatic rings. The van der Waals surface area contributed by atoms with Crippen LogP contribution in [0.15, 0.2) is 48.5 Å². The molecule has 0 bridgehead atoms. The first-order chi connectivity index (χ1) is 9.93. The van der Waals surface area contributed by atoms with Crippen LogP contribution in [0.2, 0.25) is 0 Å².